The number of benzene rings is 1. The molecule has 0 amide bonds. The fourth-order valence-corrected chi connectivity index (χ4v) is 2.83. The molecule has 1 fully saturated rings. The van der Waals surface area contributed by atoms with Gasteiger partial charge < -0.3 is 20.3 Å². The van der Waals surface area contributed by atoms with Crippen LogP contribution in [0.5, 0.6) is 5.75 Å². The maximum atomic E-state index is 5.73. The van der Waals surface area contributed by atoms with Crippen molar-refractivity contribution in [2.24, 2.45) is 4.99 Å². The zero-order valence-corrected chi connectivity index (χ0v) is 18.8. The highest BCUT2D eigenvalue weighted by molar-refractivity contribution is 14.0. The van der Waals surface area contributed by atoms with E-state index in [1.165, 1.54) is 5.56 Å². The van der Waals surface area contributed by atoms with Gasteiger partial charge in [-0.05, 0) is 33.0 Å². The number of hydrogen-bond donors (Lipinski definition) is 2. The topological polar surface area (TPSA) is 52.1 Å². The van der Waals surface area contributed by atoms with E-state index >= 15 is 0 Å². The van der Waals surface area contributed by atoms with Crippen LogP contribution in [0.25, 0.3) is 0 Å². The second-order valence-corrected chi connectivity index (χ2v) is 6.73. The highest BCUT2D eigenvalue weighted by Crippen LogP contribution is 2.10. The largest absolute Gasteiger partial charge is 0.492 e. The van der Waals surface area contributed by atoms with Crippen LogP contribution in [0.1, 0.15) is 12.5 Å². The molecule has 1 saturated heterocycles. The van der Waals surface area contributed by atoms with Crippen molar-refractivity contribution in [2.75, 3.05) is 60.0 Å². The number of likely N-dealkylation sites (N-methyl/N-ethyl adjacent to an activating group) is 1. The van der Waals surface area contributed by atoms with Crippen LogP contribution in [0.4, 0.5) is 0 Å². The van der Waals surface area contributed by atoms with Crippen LogP contribution in [0.2, 0.25) is 0 Å². The van der Waals surface area contributed by atoms with E-state index in [1.807, 2.05) is 12.1 Å². The van der Waals surface area contributed by atoms with Gasteiger partial charge in [0.2, 0.25) is 0 Å². The third-order valence-electron chi connectivity index (χ3n) is 4.63. The van der Waals surface area contributed by atoms with E-state index in [0.717, 1.165) is 51.0 Å². The van der Waals surface area contributed by atoms with Crippen LogP contribution in [0.3, 0.4) is 0 Å². The van der Waals surface area contributed by atoms with Gasteiger partial charge in [-0.15, -0.1) is 24.0 Å². The van der Waals surface area contributed by atoms with Crippen molar-refractivity contribution in [3.63, 3.8) is 0 Å². The molecule has 0 radical (unpaired) electrons. The molecule has 6 nitrogen and oxygen atoms in total. The maximum Gasteiger partial charge on any atom is 0.191 e. The highest BCUT2D eigenvalue weighted by Gasteiger charge is 2.18. The van der Waals surface area contributed by atoms with Crippen molar-refractivity contribution in [2.45, 2.75) is 19.9 Å². The van der Waals surface area contributed by atoms with Crippen LogP contribution in [0.15, 0.2) is 29.3 Å². The second-order valence-electron chi connectivity index (χ2n) is 6.73. The summed E-state index contributed by atoms with van der Waals surface area (Å²) in [5.41, 5.74) is 1.24. The first-order valence-corrected chi connectivity index (χ1v) is 9.15. The van der Waals surface area contributed by atoms with E-state index in [0.29, 0.717) is 12.6 Å². The average molecular weight is 475 g/mol. The lowest BCUT2D eigenvalue weighted by Gasteiger charge is -2.36. The number of rotatable bonds is 7. The molecule has 1 aliphatic heterocycles. The predicted molar refractivity (Wildman–Crippen MR) is 120 cm³/mol. The Labute approximate surface area is 175 Å². The van der Waals surface area contributed by atoms with Crippen molar-refractivity contribution in [1.82, 2.24) is 20.4 Å². The second kappa shape index (κ2) is 12.3. The standard InChI is InChI=1S/C19H33N5O.HI/c1-16-5-7-18(8-6-16)25-14-9-21-19(20-3)22-15-17(2)24-12-10-23(4)11-13-24;/h5-8,17H,9-15H2,1-4H3,(H2,20,21,22);1H. The molecule has 1 atom stereocenters. The lowest BCUT2D eigenvalue weighted by molar-refractivity contribution is 0.120. The van der Waals surface area contributed by atoms with E-state index in [4.69, 9.17) is 4.74 Å². The Morgan fingerprint density at radius 3 is 2.42 bits per heavy atom. The molecule has 1 heterocycles. The number of guanidine groups is 1. The molecular formula is C19H34IN5O. The molecule has 148 valence electrons. The number of halogens is 1. The molecule has 0 aliphatic carbocycles. The highest BCUT2D eigenvalue weighted by atomic mass is 127. The Morgan fingerprint density at radius 1 is 1.15 bits per heavy atom. The zero-order valence-electron chi connectivity index (χ0n) is 16.5. The van der Waals surface area contributed by atoms with Crippen LogP contribution < -0.4 is 15.4 Å². The summed E-state index contributed by atoms with van der Waals surface area (Å²) < 4.78 is 5.73. The molecule has 0 aromatic heterocycles. The first-order valence-electron chi connectivity index (χ1n) is 9.15. The average Bonchev–Trinajstić information content (AvgIpc) is 2.63. The summed E-state index contributed by atoms with van der Waals surface area (Å²) in [5.74, 6) is 1.73. The van der Waals surface area contributed by atoms with Gasteiger partial charge >= 0.3 is 0 Å². The smallest absolute Gasteiger partial charge is 0.191 e. The third-order valence-corrected chi connectivity index (χ3v) is 4.63. The summed E-state index contributed by atoms with van der Waals surface area (Å²) in [5, 5.41) is 6.72. The molecule has 2 rings (SSSR count). The minimum Gasteiger partial charge on any atom is -0.492 e. The summed E-state index contributed by atoms with van der Waals surface area (Å²) in [6.07, 6.45) is 0. The fourth-order valence-electron chi connectivity index (χ4n) is 2.83. The van der Waals surface area contributed by atoms with Gasteiger partial charge in [0.1, 0.15) is 12.4 Å². The van der Waals surface area contributed by atoms with E-state index in [2.05, 4.69) is 58.5 Å². The Morgan fingerprint density at radius 2 is 1.81 bits per heavy atom. The minimum absolute atomic E-state index is 0. The summed E-state index contributed by atoms with van der Waals surface area (Å²) in [6, 6.07) is 8.61. The quantitative estimate of drug-likeness (QED) is 0.273. The van der Waals surface area contributed by atoms with Crippen molar-refractivity contribution in [3.8, 4) is 5.75 Å². The Bertz CT molecular complexity index is 529. The molecule has 1 aromatic carbocycles. The summed E-state index contributed by atoms with van der Waals surface area (Å²) in [4.78, 5) is 9.19. The lowest BCUT2D eigenvalue weighted by atomic mass is 10.2. The van der Waals surface area contributed by atoms with Gasteiger partial charge in [-0.1, -0.05) is 17.7 Å². The molecule has 26 heavy (non-hydrogen) atoms. The zero-order chi connectivity index (χ0) is 18.1. The van der Waals surface area contributed by atoms with Crippen molar-refractivity contribution in [1.29, 1.82) is 0 Å². The van der Waals surface area contributed by atoms with E-state index in [1.54, 1.807) is 7.05 Å². The first-order chi connectivity index (χ1) is 12.1. The first kappa shape index (κ1) is 23.0. The maximum absolute atomic E-state index is 5.73. The molecule has 0 spiro atoms. The Kier molecular flexibility index (Phi) is 10.9. The number of nitrogens with zero attached hydrogens (tertiary/aromatic N) is 3. The van der Waals surface area contributed by atoms with Gasteiger partial charge in [-0.3, -0.25) is 9.89 Å². The summed E-state index contributed by atoms with van der Waals surface area (Å²) in [6.45, 7) is 11.1. The van der Waals surface area contributed by atoms with E-state index in [-0.39, 0.29) is 24.0 Å². The Hall–Kier alpha value is -1.06. The number of hydrogen-bond acceptors (Lipinski definition) is 4. The molecule has 2 N–H and O–H groups in total. The van der Waals surface area contributed by atoms with Crippen LogP contribution in [0, 0.1) is 6.92 Å². The van der Waals surface area contributed by atoms with Crippen molar-refractivity contribution in [3.05, 3.63) is 29.8 Å². The van der Waals surface area contributed by atoms with Gasteiger partial charge in [-0.2, -0.15) is 0 Å². The Balaban J connectivity index is 0.00000338. The van der Waals surface area contributed by atoms with Crippen LogP contribution in [-0.4, -0.2) is 81.8 Å². The lowest BCUT2D eigenvalue weighted by Crippen LogP contribution is -2.52. The molecule has 1 aliphatic rings. The molecule has 0 saturated carbocycles. The van der Waals surface area contributed by atoms with Gasteiger partial charge in [0.25, 0.3) is 0 Å². The number of aliphatic imine (C=N–C) groups is 1. The van der Waals surface area contributed by atoms with E-state index < -0.39 is 0 Å². The molecule has 0 bridgehead atoms. The predicted octanol–water partition coefficient (Wildman–Crippen LogP) is 1.79. The number of piperazine rings is 1. The molecule has 7 heteroatoms. The van der Waals surface area contributed by atoms with Gasteiger partial charge in [0.05, 0.1) is 6.54 Å². The fraction of sp³-hybridized carbons (Fsp3) is 0.632. The number of ether oxygens (including phenoxy) is 1. The minimum atomic E-state index is 0. The van der Waals surface area contributed by atoms with Crippen molar-refractivity contribution < 1.29 is 4.74 Å². The van der Waals surface area contributed by atoms with Gasteiger partial charge in [-0.25, -0.2) is 0 Å². The monoisotopic (exact) mass is 475 g/mol. The molecular weight excluding hydrogens is 441 g/mol. The summed E-state index contributed by atoms with van der Waals surface area (Å²) in [7, 11) is 3.99. The van der Waals surface area contributed by atoms with Gasteiger partial charge in [0.15, 0.2) is 5.96 Å². The van der Waals surface area contributed by atoms with E-state index in [9.17, 15) is 0 Å². The van der Waals surface area contributed by atoms with Gasteiger partial charge in [0, 0.05) is 45.8 Å². The molecule has 1 unspecified atom stereocenters. The SMILES string of the molecule is CN=C(NCCOc1ccc(C)cc1)NCC(C)N1CCN(C)CC1.I. The number of nitrogens with one attached hydrogen (secondary N) is 2. The summed E-state index contributed by atoms with van der Waals surface area (Å²) >= 11 is 0. The molecule has 1 aromatic rings. The van der Waals surface area contributed by atoms with Crippen LogP contribution >= 0.6 is 24.0 Å². The third kappa shape index (κ3) is 8.09. The van der Waals surface area contributed by atoms with Crippen molar-refractivity contribution >= 4 is 29.9 Å². The normalized spacial score (nSPS) is 17.3. The number of aryl methyl sites for hydroxylation is 1. The van der Waals surface area contributed by atoms with Crippen LogP contribution in [-0.2, 0) is 0 Å².